The molecule has 0 spiro atoms. The zero-order valence-electron chi connectivity index (χ0n) is 16.6. The van der Waals surface area contributed by atoms with Gasteiger partial charge in [0.1, 0.15) is 5.76 Å². The minimum absolute atomic E-state index is 0.0688. The molecule has 0 radical (unpaired) electrons. The molecule has 5 nitrogen and oxygen atoms in total. The average molecular weight is 426 g/mol. The Hall–Kier alpha value is -3.77. The number of aliphatic hydroxyl groups excluding tert-OH is 1. The Morgan fingerprint density at radius 3 is 2.32 bits per heavy atom. The van der Waals surface area contributed by atoms with Gasteiger partial charge in [0.15, 0.2) is 5.13 Å². The largest absolute Gasteiger partial charge is 0.507 e. The zero-order valence-corrected chi connectivity index (χ0v) is 17.5. The number of rotatable bonds is 3. The van der Waals surface area contributed by atoms with Gasteiger partial charge in [-0.05, 0) is 24.6 Å². The van der Waals surface area contributed by atoms with Crippen molar-refractivity contribution in [1.82, 2.24) is 4.98 Å². The van der Waals surface area contributed by atoms with Crippen LogP contribution in [-0.4, -0.2) is 21.8 Å². The topological polar surface area (TPSA) is 70.5 Å². The molecule has 0 saturated carbocycles. The first kappa shape index (κ1) is 19.2. The van der Waals surface area contributed by atoms with E-state index in [9.17, 15) is 14.7 Å². The van der Waals surface area contributed by atoms with Crippen molar-refractivity contribution in [2.75, 3.05) is 4.90 Å². The van der Waals surface area contributed by atoms with Gasteiger partial charge in [0.25, 0.3) is 5.78 Å². The normalized spacial score (nSPS) is 18.1. The Balaban J connectivity index is 1.73. The van der Waals surface area contributed by atoms with Gasteiger partial charge in [0.2, 0.25) is 0 Å². The molecule has 1 atom stereocenters. The first-order chi connectivity index (χ1) is 15.0. The average Bonchev–Trinajstić information content (AvgIpc) is 3.33. The molecule has 6 heteroatoms. The van der Waals surface area contributed by atoms with Crippen LogP contribution in [-0.2, 0) is 9.59 Å². The number of thiazole rings is 1. The van der Waals surface area contributed by atoms with Gasteiger partial charge >= 0.3 is 5.91 Å². The van der Waals surface area contributed by atoms with Gasteiger partial charge in [-0.2, -0.15) is 0 Å². The van der Waals surface area contributed by atoms with Crippen molar-refractivity contribution < 1.29 is 14.7 Å². The quantitative estimate of drug-likeness (QED) is 0.277. The van der Waals surface area contributed by atoms with Gasteiger partial charge in [0.05, 0.1) is 21.8 Å². The van der Waals surface area contributed by atoms with Crippen LogP contribution in [0.25, 0.3) is 16.0 Å². The fourth-order valence-corrected chi connectivity index (χ4v) is 4.80. The molecule has 1 N–H and O–H groups in total. The molecule has 0 aliphatic carbocycles. The lowest BCUT2D eigenvalue weighted by atomic mass is 9.95. The number of carbonyl (C=O) groups excluding carboxylic acids is 2. The molecule has 1 aliphatic heterocycles. The Morgan fingerprint density at radius 2 is 1.61 bits per heavy atom. The molecule has 1 aliphatic rings. The highest BCUT2D eigenvalue weighted by molar-refractivity contribution is 7.22. The van der Waals surface area contributed by atoms with E-state index in [4.69, 9.17) is 0 Å². The molecule has 1 fully saturated rings. The summed E-state index contributed by atoms with van der Waals surface area (Å²) in [6, 6.07) is 23.3. The Morgan fingerprint density at radius 1 is 0.935 bits per heavy atom. The molecule has 0 bridgehead atoms. The SMILES string of the molecule is Cc1ccc(/C(O)=C2/C(=O)C(=O)N(c3nc4ccccc4s3)C2c2ccccc2)cc1. The van der Waals surface area contributed by atoms with Crippen LogP contribution in [0.4, 0.5) is 5.13 Å². The number of aromatic nitrogens is 1. The third kappa shape index (κ3) is 3.21. The zero-order chi connectivity index (χ0) is 21.5. The third-order valence-electron chi connectivity index (χ3n) is 5.37. The maximum absolute atomic E-state index is 13.2. The van der Waals surface area contributed by atoms with Crippen molar-refractivity contribution in [2.24, 2.45) is 0 Å². The number of nitrogens with zero attached hydrogens (tertiary/aromatic N) is 2. The van der Waals surface area contributed by atoms with Crippen LogP contribution in [0.2, 0.25) is 0 Å². The van der Waals surface area contributed by atoms with Crippen molar-refractivity contribution >= 4 is 44.1 Å². The predicted octanol–water partition coefficient (Wildman–Crippen LogP) is 5.23. The number of fused-ring (bicyclic) bond motifs is 1. The van der Waals surface area contributed by atoms with Crippen LogP contribution >= 0.6 is 11.3 Å². The summed E-state index contributed by atoms with van der Waals surface area (Å²) >= 11 is 1.35. The summed E-state index contributed by atoms with van der Waals surface area (Å²) in [7, 11) is 0. The summed E-state index contributed by atoms with van der Waals surface area (Å²) in [5.74, 6) is -1.59. The summed E-state index contributed by atoms with van der Waals surface area (Å²) in [5.41, 5.74) is 3.09. The van der Waals surface area contributed by atoms with Crippen LogP contribution in [0, 0.1) is 6.92 Å². The van der Waals surface area contributed by atoms with Crippen molar-refractivity contribution in [3.63, 3.8) is 0 Å². The van der Waals surface area contributed by atoms with Crippen molar-refractivity contribution in [1.29, 1.82) is 0 Å². The third-order valence-corrected chi connectivity index (χ3v) is 6.41. The molecular weight excluding hydrogens is 408 g/mol. The second kappa shape index (κ2) is 7.49. The molecule has 152 valence electrons. The number of aryl methyl sites for hydroxylation is 1. The van der Waals surface area contributed by atoms with Crippen molar-refractivity contribution in [2.45, 2.75) is 13.0 Å². The second-order valence-corrected chi connectivity index (χ2v) is 8.42. The van der Waals surface area contributed by atoms with Crippen LogP contribution in [0.15, 0.2) is 84.4 Å². The lowest BCUT2D eigenvalue weighted by Gasteiger charge is -2.22. The van der Waals surface area contributed by atoms with E-state index >= 15 is 0 Å². The summed E-state index contributed by atoms with van der Waals surface area (Å²) in [6.45, 7) is 1.94. The fourth-order valence-electron chi connectivity index (χ4n) is 3.81. The lowest BCUT2D eigenvalue weighted by molar-refractivity contribution is -0.132. The van der Waals surface area contributed by atoms with Gasteiger partial charge in [-0.25, -0.2) is 4.98 Å². The molecule has 4 aromatic rings. The number of benzene rings is 3. The summed E-state index contributed by atoms with van der Waals surface area (Å²) in [4.78, 5) is 32.3. The van der Waals surface area contributed by atoms with Gasteiger partial charge < -0.3 is 5.11 Å². The highest BCUT2D eigenvalue weighted by atomic mass is 32.1. The van der Waals surface area contributed by atoms with Crippen molar-refractivity contribution in [3.05, 3.63) is 101 Å². The molecule has 1 unspecified atom stereocenters. The summed E-state index contributed by atoms with van der Waals surface area (Å²) < 4.78 is 0.921. The first-order valence-electron chi connectivity index (χ1n) is 9.83. The summed E-state index contributed by atoms with van der Waals surface area (Å²) in [5, 5.41) is 11.5. The minimum atomic E-state index is -0.761. The number of aliphatic hydroxyl groups is 1. The Kier molecular flexibility index (Phi) is 4.64. The number of hydrogen-bond donors (Lipinski definition) is 1. The molecule has 1 saturated heterocycles. The molecule has 1 amide bonds. The Labute approximate surface area is 182 Å². The molecule has 1 aromatic heterocycles. The van der Waals surface area contributed by atoms with E-state index < -0.39 is 17.7 Å². The molecule has 2 heterocycles. The maximum atomic E-state index is 13.2. The van der Waals surface area contributed by atoms with Crippen molar-refractivity contribution in [3.8, 4) is 0 Å². The minimum Gasteiger partial charge on any atom is -0.507 e. The van der Waals surface area contributed by atoms with Crippen LogP contribution in [0.1, 0.15) is 22.7 Å². The molecule has 31 heavy (non-hydrogen) atoms. The summed E-state index contributed by atoms with van der Waals surface area (Å²) in [6.07, 6.45) is 0. The van der Waals surface area contributed by atoms with E-state index in [0.29, 0.717) is 10.7 Å². The van der Waals surface area contributed by atoms with Crippen LogP contribution in [0.3, 0.4) is 0 Å². The fraction of sp³-hybridized carbons (Fsp3) is 0.0800. The smallest absolute Gasteiger partial charge is 0.301 e. The van der Waals surface area contributed by atoms with Crippen LogP contribution in [0.5, 0.6) is 0 Å². The number of anilines is 1. The van der Waals surface area contributed by atoms with Gasteiger partial charge in [-0.1, -0.05) is 83.6 Å². The number of carbonyl (C=O) groups is 2. The Bertz CT molecular complexity index is 1310. The number of amides is 1. The van der Waals surface area contributed by atoms with E-state index in [1.54, 1.807) is 12.1 Å². The van der Waals surface area contributed by atoms with Crippen LogP contribution < -0.4 is 4.90 Å². The van der Waals surface area contributed by atoms with E-state index in [1.807, 2.05) is 73.7 Å². The molecule has 3 aromatic carbocycles. The first-order valence-corrected chi connectivity index (χ1v) is 10.6. The lowest BCUT2D eigenvalue weighted by Crippen LogP contribution is -2.29. The predicted molar refractivity (Wildman–Crippen MR) is 122 cm³/mol. The van der Waals surface area contributed by atoms with E-state index in [-0.39, 0.29) is 11.3 Å². The van der Waals surface area contributed by atoms with Gasteiger partial charge in [0, 0.05) is 5.56 Å². The van der Waals surface area contributed by atoms with Gasteiger partial charge in [-0.3, -0.25) is 14.5 Å². The number of Topliss-reactive ketones (excluding diaryl/α,β-unsaturated/α-hetero) is 1. The highest BCUT2D eigenvalue weighted by Gasteiger charge is 2.48. The maximum Gasteiger partial charge on any atom is 0.301 e. The number of para-hydroxylation sites is 1. The second-order valence-electron chi connectivity index (χ2n) is 7.41. The molecule has 5 rings (SSSR count). The molecular formula is C25H18N2O3S. The monoisotopic (exact) mass is 426 g/mol. The number of hydrogen-bond acceptors (Lipinski definition) is 5. The number of ketones is 1. The highest BCUT2D eigenvalue weighted by Crippen LogP contribution is 2.44. The van der Waals surface area contributed by atoms with E-state index in [2.05, 4.69) is 4.98 Å². The standard InChI is InChI=1S/C25H18N2O3S/c1-15-11-13-17(14-12-15)22(28)20-21(16-7-3-2-4-8-16)27(24(30)23(20)29)25-26-18-9-5-6-10-19(18)31-25/h2-14,21,28H,1H3/b22-20-. The van der Waals surface area contributed by atoms with E-state index in [1.165, 1.54) is 16.2 Å². The van der Waals surface area contributed by atoms with E-state index in [0.717, 1.165) is 21.3 Å². The van der Waals surface area contributed by atoms with Gasteiger partial charge in [-0.15, -0.1) is 0 Å².